The molecule has 9 heteroatoms. The molecule has 4 aromatic rings. The van der Waals surface area contributed by atoms with Gasteiger partial charge in [0, 0.05) is 18.3 Å². The quantitative estimate of drug-likeness (QED) is 0.533. The third-order valence-corrected chi connectivity index (χ3v) is 4.65. The standard InChI is InChI=1S/C19H14F3N5O/c20-19(21,22)28-13-6-3-5-12(11-13)17-16(14-7-4-10-26(14)24-17)18-23-15-8-1-2-9-27(15)25-18/h1-3,5-6,8-9,11H,4,7,10H2. The molecule has 0 aliphatic carbocycles. The maximum Gasteiger partial charge on any atom is 0.573 e. The van der Waals surface area contributed by atoms with Gasteiger partial charge in [-0.1, -0.05) is 18.2 Å². The molecule has 142 valence electrons. The molecule has 0 radical (unpaired) electrons. The van der Waals surface area contributed by atoms with E-state index in [1.54, 1.807) is 16.8 Å². The molecule has 0 saturated heterocycles. The van der Waals surface area contributed by atoms with E-state index < -0.39 is 6.36 Å². The Bertz CT molecular complexity index is 1140. The average Bonchev–Trinajstić information content (AvgIpc) is 3.33. The average molecular weight is 385 g/mol. The lowest BCUT2D eigenvalue weighted by Gasteiger charge is -2.10. The van der Waals surface area contributed by atoms with Gasteiger partial charge in [0.15, 0.2) is 11.5 Å². The van der Waals surface area contributed by atoms with Crippen molar-refractivity contribution >= 4 is 5.65 Å². The second-order valence-electron chi connectivity index (χ2n) is 6.51. The molecule has 1 aliphatic rings. The first kappa shape index (κ1) is 16.8. The Morgan fingerprint density at radius 3 is 2.75 bits per heavy atom. The minimum absolute atomic E-state index is 0.285. The number of hydrogen-bond acceptors (Lipinski definition) is 4. The van der Waals surface area contributed by atoms with Crippen LogP contribution in [0.3, 0.4) is 0 Å². The second-order valence-corrected chi connectivity index (χ2v) is 6.51. The largest absolute Gasteiger partial charge is 0.573 e. The Morgan fingerprint density at radius 1 is 1.04 bits per heavy atom. The number of nitrogens with zero attached hydrogens (tertiary/aromatic N) is 5. The summed E-state index contributed by atoms with van der Waals surface area (Å²) >= 11 is 0. The number of halogens is 3. The van der Waals surface area contributed by atoms with E-state index in [4.69, 9.17) is 0 Å². The fraction of sp³-hybridized carbons (Fsp3) is 0.211. The van der Waals surface area contributed by atoms with E-state index in [9.17, 15) is 13.2 Å². The monoisotopic (exact) mass is 385 g/mol. The molecule has 1 aliphatic heterocycles. The van der Waals surface area contributed by atoms with Crippen LogP contribution < -0.4 is 4.74 Å². The fourth-order valence-electron chi connectivity index (χ4n) is 3.55. The van der Waals surface area contributed by atoms with Crippen molar-refractivity contribution in [1.82, 2.24) is 24.4 Å². The number of rotatable bonds is 3. The highest BCUT2D eigenvalue weighted by Gasteiger charge is 2.32. The van der Waals surface area contributed by atoms with Crippen LogP contribution in [0.15, 0.2) is 48.7 Å². The normalized spacial score (nSPS) is 13.8. The Morgan fingerprint density at radius 2 is 1.93 bits per heavy atom. The van der Waals surface area contributed by atoms with Crippen LogP contribution in [-0.2, 0) is 13.0 Å². The molecule has 0 fully saturated rings. The summed E-state index contributed by atoms with van der Waals surface area (Å²) in [7, 11) is 0. The first-order chi connectivity index (χ1) is 13.5. The van der Waals surface area contributed by atoms with Gasteiger partial charge in [0.25, 0.3) is 0 Å². The zero-order chi connectivity index (χ0) is 19.3. The number of aromatic nitrogens is 5. The lowest BCUT2D eigenvalue weighted by Crippen LogP contribution is -2.17. The first-order valence-corrected chi connectivity index (χ1v) is 8.75. The van der Waals surface area contributed by atoms with Gasteiger partial charge in [-0.25, -0.2) is 9.50 Å². The fourth-order valence-corrected chi connectivity index (χ4v) is 3.55. The van der Waals surface area contributed by atoms with Gasteiger partial charge < -0.3 is 4.74 Å². The summed E-state index contributed by atoms with van der Waals surface area (Å²) in [5, 5.41) is 9.18. The topological polar surface area (TPSA) is 57.2 Å². The number of ether oxygens (including phenoxy) is 1. The third-order valence-electron chi connectivity index (χ3n) is 4.65. The van der Waals surface area contributed by atoms with Crippen molar-refractivity contribution in [2.45, 2.75) is 25.7 Å². The van der Waals surface area contributed by atoms with E-state index in [2.05, 4.69) is 19.9 Å². The van der Waals surface area contributed by atoms with Crippen LogP contribution in [0.1, 0.15) is 12.1 Å². The van der Waals surface area contributed by atoms with E-state index >= 15 is 0 Å². The zero-order valence-electron chi connectivity index (χ0n) is 14.5. The predicted molar refractivity (Wildman–Crippen MR) is 94.6 cm³/mol. The minimum atomic E-state index is -4.75. The Labute approximate surface area is 157 Å². The summed E-state index contributed by atoms with van der Waals surface area (Å²) in [6.07, 6.45) is -1.18. The lowest BCUT2D eigenvalue weighted by atomic mass is 10.0. The van der Waals surface area contributed by atoms with Gasteiger partial charge in [0.1, 0.15) is 11.4 Å². The minimum Gasteiger partial charge on any atom is -0.406 e. The molecule has 0 amide bonds. The lowest BCUT2D eigenvalue weighted by molar-refractivity contribution is -0.274. The van der Waals surface area contributed by atoms with Crippen LogP contribution in [0.25, 0.3) is 28.3 Å². The molecule has 0 saturated carbocycles. The number of hydrogen-bond donors (Lipinski definition) is 0. The number of fused-ring (bicyclic) bond motifs is 2. The van der Waals surface area contributed by atoms with E-state index in [1.807, 2.05) is 22.9 Å². The summed E-state index contributed by atoms with van der Waals surface area (Å²) in [6.45, 7) is 0.758. The molecule has 1 aromatic carbocycles. The number of benzene rings is 1. The third kappa shape index (κ3) is 2.88. The van der Waals surface area contributed by atoms with Gasteiger partial charge >= 0.3 is 6.36 Å². The van der Waals surface area contributed by atoms with Gasteiger partial charge in [-0.3, -0.25) is 4.68 Å². The molecule has 5 rings (SSSR count). The molecule has 6 nitrogen and oxygen atoms in total. The molecule has 28 heavy (non-hydrogen) atoms. The number of pyridine rings is 1. The number of alkyl halides is 3. The van der Waals surface area contributed by atoms with Crippen molar-refractivity contribution in [3.8, 4) is 28.4 Å². The van der Waals surface area contributed by atoms with E-state index in [-0.39, 0.29) is 5.75 Å². The highest BCUT2D eigenvalue weighted by atomic mass is 19.4. The summed E-state index contributed by atoms with van der Waals surface area (Å²) in [5.41, 5.74) is 3.52. The maximum atomic E-state index is 12.6. The summed E-state index contributed by atoms with van der Waals surface area (Å²) in [5.74, 6) is 0.221. The Balaban J connectivity index is 1.66. The predicted octanol–water partition coefficient (Wildman–Crippen LogP) is 4.10. The van der Waals surface area contributed by atoms with E-state index in [0.29, 0.717) is 22.7 Å². The van der Waals surface area contributed by atoms with Gasteiger partial charge in [-0.05, 0) is 37.1 Å². The highest BCUT2D eigenvalue weighted by Crippen LogP contribution is 2.37. The van der Waals surface area contributed by atoms with Crippen molar-refractivity contribution in [2.24, 2.45) is 0 Å². The molecule has 0 spiro atoms. The molecule has 0 atom stereocenters. The van der Waals surface area contributed by atoms with Crippen molar-refractivity contribution in [2.75, 3.05) is 0 Å². The number of aryl methyl sites for hydroxylation is 1. The van der Waals surface area contributed by atoms with E-state index in [1.165, 1.54) is 18.2 Å². The Hall–Kier alpha value is -3.36. The van der Waals surface area contributed by atoms with Crippen LogP contribution >= 0.6 is 0 Å². The van der Waals surface area contributed by atoms with E-state index in [0.717, 1.165) is 30.6 Å². The first-order valence-electron chi connectivity index (χ1n) is 8.75. The molecule has 0 N–H and O–H groups in total. The molecular formula is C19H14F3N5O. The molecule has 3 aromatic heterocycles. The highest BCUT2D eigenvalue weighted by molar-refractivity contribution is 5.81. The van der Waals surface area contributed by atoms with Crippen LogP contribution in [-0.4, -0.2) is 30.7 Å². The SMILES string of the molecule is FC(F)(F)Oc1cccc(-c2nn3c(c2-c2nc4ccccn4n2)CCC3)c1. The van der Waals surface area contributed by atoms with Crippen molar-refractivity contribution in [3.63, 3.8) is 0 Å². The molecule has 4 heterocycles. The maximum absolute atomic E-state index is 12.6. The summed E-state index contributed by atoms with van der Waals surface area (Å²) in [6, 6.07) is 11.4. The molecule has 0 unspecified atom stereocenters. The molecule has 0 bridgehead atoms. The van der Waals surface area contributed by atoms with Crippen LogP contribution in [0.2, 0.25) is 0 Å². The second kappa shape index (κ2) is 6.08. The summed E-state index contributed by atoms with van der Waals surface area (Å²) in [4.78, 5) is 4.59. The van der Waals surface area contributed by atoms with Crippen molar-refractivity contribution in [1.29, 1.82) is 0 Å². The van der Waals surface area contributed by atoms with Crippen LogP contribution in [0, 0.1) is 0 Å². The van der Waals surface area contributed by atoms with Gasteiger partial charge in [-0.2, -0.15) is 5.10 Å². The van der Waals surface area contributed by atoms with Crippen LogP contribution in [0.5, 0.6) is 5.75 Å². The zero-order valence-corrected chi connectivity index (χ0v) is 14.5. The van der Waals surface area contributed by atoms with Crippen molar-refractivity contribution in [3.05, 3.63) is 54.4 Å². The summed E-state index contributed by atoms with van der Waals surface area (Å²) < 4.78 is 45.4. The van der Waals surface area contributed by atoms with Crippen molar-refractivity contribution < 1.29 is 17.9 Å². The van der Waals surface area contributed by atoms with Gasteiger partial charge in [0.05, 0.1) is 11.3 Å². The van der Waals surface area contributed by atoms with Gasteiger partial charge in [0.2, 0.25) is 0 Å². The smallest absolute Gasteiger partial charge is 0.406 e. The van der Waals surface area contributed by atoms with Gasteiger partial charge in [-0.15, -0.1) is 18.3 Å². The molecular weight excluding hydrogens is 371 g/mol. The Kier molecular flexibility index (Phi) is 3.65. The van der Waals surface area contributed by atoms with Crippen LogP contribution in [0.4, 0.5) is 13.2 Å².